The molecule has 0 heterocycles. The minimum absolute atomic E-state index is 0.00625. The molecule has 0 aliphatic heterocycles. The van der Waals surface area contributed by atoms with Crippen LogP contribution >= 0.6 is 0 Å². The molecule has 2 rings (SSSR count). The predicted molar refractivity (Wildman–Crippen MR) is 101 cm³/mol. The lowest BCUT2D eigenvalue weighted by Crippen LogP contribution is -2.28. The Labute approximate surface area is 158 Å². The van der Waals surface area contributed by atoms with Crippen LogP contribution in [0.3, 0.4) is 0 Å². The molecule has 144 valence electrons. The van der Waals surface area contributed by atoms with Gasteiger partial charge in [-0.15, -0.1) is 0 Å². The number of amides is 2. The van der Waals surface area contributed by atoms with Crippen LogP contribution in [-0.2, 0) is 14.8 Å². The summed E-state index contributed by atoms with van der Waals surface area (Å²) >= 11 is 0. The van der Waals surface area contributed by atoms with Gasteiger partial charge in [-0.1, -0.05) is 6.07 Å². The molecular weight excluding hydrogens is 370 g/mol. The fourth-order valence-electron chi connectivity index (χ4n) is 2.16. The Morgan fingerprint density at radius 2 is 1.78 bits per heavy atom. The SMILES string of the molecule is CCNC(=O)COc1ccc(NC(=O)c2cccc(S(=O)(=O)NC)c2)cc1. The number of carbonyl (C=O) groups excluding carboxylic acids is 2. The fourth-order valence-corrected chi connectivity index (χ4v) is 2.93. The Bertz CT molecular complexity index is 911. The van der Waals surface area contributed by atoms with Crippen molar-refractivity contribution in [2.45, 2.75) is 11.8 Å². The van der Waals surface area contributed by atoms with Crippen molar-refractivity contribution >= 4 is 27.5 Å². The summed E-state index contributed by atoms with van der Waals surface area (Å²) in [5, 5.41) is 5.30. The van der Waals surface area contributed by atoms with Gasteiger partial charge in [0.15, 0.2) is 6.61 Å². The van der Waals surface area contributed by atoms with Gasteiger partial charge in [0.2, 0.25) is 10.0 Å². The molecule has 0 unspecified atom stereocenters. The zero-order valence-corrected chi connectivity index (χ0v) is 15.8. The van der Waals surface area contributed by atoms with Crippen LogP contribution in [0.1, 0.15) is 17.3 Å². The van der Waals surface area contributed by atoms with Gasteiger partial charge in [-0.3, -0.25) is 9.59 Å². The zero-order valence-electron chi connectivity index (χ0n) is 15.0. The second kappa shape index (κ2) is 9.15. The van der Waals surface area contributed by atoms with E-state index in [0.29, 0.717) is 18.0 Å². The van der Waals surface area contributed by atoms with Gasteiger partial charge in [0.05, 0.1) is 4.90 Å². The first-order chi connectivity index (χ1) is 12.9. The summed E-state index contributed by atoms with van der Waals surface area (Å²) in [6.45, 7) is 2.26. The molecule has 2 amide bonds. The zero-order chi connectivity index (χ0) is 19.9. The van der Waals surface area contributed by atoms with Crippen LogP contribution < -0.4 is 20.1 Å². The minimum atomic E-state index is -3.63. The highest BCUT2D eigenvalue weighted by Gasteiger charge is 2.14. The number of hydrogen-bond acceptors (Lipinski definition) is 5. The van der Waals surface area contributed by atoms with E-state index in [4.69, 9.17) is 4.74 Å². The summed E-state index contributed by atoms with van der Waals surface area (Å²) in [7, 11) is -2.33. The minimum Gasteiger partial charge on any atom is -0.484 e. The number of likely N-dealkylation sites (N-methyl/N-ethyl adjacent to an activating group) is 1. The average molecular weight is 391 g/mol. The summed E-state index contributed by atoms with van der Waals surface area (Å²) in [6, 6.07) is 12.2. The smallest absolute Gasteiger partial charge is 0.257 e. The molecule has 0 saturated heterocycles. The Morgan fingerprint density at radius 3 is 2.41 bits per heavy atom. The van der Waals surface area contributed by atoms with Crippen LogP contribution in [0.4, 0.5) is 5.69 Å². The molecular formula is C18H21N3O5S. The molecule has 0 fully saturated rings. The summed E-state index contributed by atoms with van der Waals surface area (Å²) in [6.07, 6.45) is 0. The number of rotatable bonds is 8. The summed E-state index contributed by atoms with van der Waals surface area (Å²) in [4.78, 5) is 23.7. The van der Waals surface area contributed by atoms with Gasteiger partial charge in [0, 0.05) is 17.8 Å². The van der Waals surface area contributed by atoms with Crippen molar-refractivity contribution in [3.8, 4) is 5.75 Å². The Morgan fingerprint density at radius 1 is 1.07 bits per heavy atom. The van der Waals surface area contributed by atoms with Crippen molar-refractivity contribution in [2.75, 3.05) is 25.5 Å². The third kappa shape index (κ3) is 5.80. The highest BCUT2D eigenvalue weighted by Crippen LogP contribution is 2.17. The molecule has 9 heteroatoms. The monoisotopic (exact) mass is 391 g/mol. The van der Waals surface area contributed by atoms with Gasteiger partial charge in [-0.2, -0.15) is 0 Å². The van der Waals surface area contributed by atoms with Crippen LogP contribution in [0.25, 0.3) is 0 Å². The first kappa shape index (κ1) is 20.4. The van der Waals surface area contributed by atoms with Crippen molar-refractivity contribution in [2.24, 2.45) is 0 Å². The second-order valence-corrected chi connectivity index (χ2v) is 7.34. The van der Waals surface area contributed by atoms with E-state index in [1.807, 2.05) is 6.92 Å². The molecule has 2 aromatic rings. The average Bonchev–Trinajstić information content (AvgIpc) is 2.67. The van der Waals surface area contributed by atoms with E-state index in [0.717, 1.165) is 0 Å². The van der Waals surface area contributed by atoms with E-state index in [2.05, 4.69) is 15.4 Å². The lowest BCUT2D eigenvalue weighted by atomic mass is 10.2. The third-order valence-electron chi connectivity index (χ3n) is 3.53. The van der Waals surface area contributed by atoms with Crippen LogP contribution in [-0.4, -0.2) is 40.4 Å². The maximum atomic E-state index is 12.3. The summed E-state index contributed by atoms with van der Waals surface area (Å²) < 4.78 is 31.2. The number of carbonyl (C=O) groups is 2. The number of benzene rings is 2. The van der Waals surface area contributed by atoms with Crippen molar-refractivity contribution in [1.82, 2.24) is 10.0 Å². The molecule has 0 aliphatic carbocycles. The van der Waals surface area contributed by atoms with Crippen LogP contribution in [0, 0.1) is 0 Å². The lowest BCUT2D eigenvalue weighted by Gasteiger charge is -2.09. The maximum absolute atomic E-state index is 12.3. The van der Waals surface area contributed by atoms with Gasteiger partial charge in [-0.05, 0) is 56.4 Å². The summed E-state index contributed by atoms with van der Waals surface area (Å²) in [5.74, 6) is -0.174. The quantitative estimate of drug-likeness (QED) is 0.629. The molecule has 0 aliphatic rings. The predicted octanol–water partition coefficient (Wildman–Crippen LogP) is 1.36. The van der Waals surface area contributed by atoms with E-state index in [-0.39, 0.29) is 23.0 Å². The molecule has 8 nitrogen and oxygen atoms in total. The van der Waals surface area contributed by atoms with Crippen LogP contribution in [0.2, 0.25) is 0 Å². The standard InChI is InChI=1S/C18H21N3O5S/c1-3-20-17(22)12-26-15-9-7-14(8-10-15)21-18(23)13-5-4-6-16(11-13)27(24,25)19-2/h4-11,19H,3,12H2,1-2H3,(H,20,22)(H,21,23). The molecule has 0 atom stereocenters. The number of nitrogens with one attached hydrogen (secondary N) is 3. The molecule has 0 spiro atoms. The Kier molecular flexibility index (Phi) is 6.91. The Balaban J connectivity index is 2.02. The van der Waals surface area contributed by atoms with Gasteiger partial charge in [-0.25, -0.2) is 13.1 Å². The van der Waals surface area contributed by atoms with Crippen LogP contribution in [0.5, 0.6) is 5.75 Å². The first-order valence-corrected chi connectivity index (χ1v) is 9.68. The van der Waals surface area contributed by atoms with Gasteiger partial charge < -0.3 is 15.4 Å². The summed E-state index contributed by atoms with van der Waals surface area (Å²) in [5.41, 5.74) is 0.718. The third-order valence-corrected chi connectivity index (χ3v) is 4.94. The van der Waals surface area contributed by atoms with Crippen molar-refractivity contribution in [1.29, 1.82) is 0 Å². The highest BCUT2D eigenvalue weighted by atomic mass is 32.2. The van der Waals surface area contributed by atoms with E-state index >= 15 is 0 Å². The van der Waals surface area contributed by atoms with E-state index in [1.54, 1.807) is 24.3 Å². The second-order valence-electron chi connectivity index (χ2n) is 5.46. The largest absolute Gasteiger partial charge is 0.484 e. The van der Waals surface area contributed by atoms with Crippen molar-refractivity contribution < 1.29 is 22.7 Å². The Hall–Kier alpha value is -2.91. The molecule has 27 heavy (non-hydrogen) atoms. The number of sulfonamides is 1. The van der Waals surface area contributed by atoms with Gasteiger partial charge in [0.1, 0.15) is 5.75 Å². The van der Waals surface area contributed by atoms with Crippen LogP contribution in [0.15, 0.2) is 53.4 Å². The van der Waals surface area contributed by atoms with E-state index in [1.165, 1.54) is 31.3 Å². The topological polar surface area (TPSA) is 114 Å². The normalized spacial score (nSPS) is 10.9. The van der Waals surface area contributed by atoms with Gasteiger partial charge in [0.25, 0.3) is 11.8 Å². The van der Waals surface area contributed by atoms with E-state index in [9.17, 15) is 18.0 Å². The maximum Gasteiger partial charge on any atom is 0.257 e. The number of hydrogen-bond donors (Lipinski definition) is 3. The molecule has 2 aromatic carbocycles. The first-order valence-electron chi connectivity index (χ1n) is 8.20. The molecule has 0 saturated carbocycles. The van der Waals surface area contributed by atoms with Crippen molar-refractivity contribution in [3.05, 3.63) is 54.1 Å². The number of anilines is 1. The lowest BCUT2D eigenvalue weighted by molar-refractivity contribution is -0.122. The highest BCUT2D eigenvalue weighted by molar-refractivity contribution is 7.89. The van der Waals surface area contributed by atoms with E-state index < -0.39 is 15.9 Å². The fraction of sp³-hybridized carbons (Fsp3) is 0.222. The van der Waals surface area contributed by atoms with Crippen molar-refractivity contribution in [3.63, 3.8) is 0 Å². The molecule has 0 aromatic heterocycles. The molecule has 0 radical (unpaired) electrons. The molecule has 0 bridgehead atoms. The number of ether oxygens (including phenoxy) is 1. The van der Waals surface area contributed by atoms with Gasteiger partial charge >= 0.3 is 0 Å². The molecule has 3 N–H and O–H groups in total.